The summed E-state index contributed by atoms with van der Waals surface area (Å²) in [6.07, 6.45) is -1.95. The van der Waals surface area contributed by atoms with Gasteiger partial charge in [0.2, 0.25) is 0 Å². The maximum Gasteiger partial charge on any atom is 0.156 e. The van der Waals surface area contributed by atoms with E-state index in [-0.39, 0.29) is 0 Å². The van der Waals surface area contributed by atoms with Crippen LogP contribution < -0.4 is 5.30 Å². The second kappa shape index (κ2) is 5.65. The smallest absolute Gasteiger partial charge is 0.156 e. The van der Waals surface area contributed by atoms with Crippen molar-refractivity contribution in [3.05, 3.63) is 22.7 Å². The van der Waals surface area contributed by atoms with E-state index in [2.05, 4.69) is 51.5 Å². The minimum absolute atomic E-state index is 0.951. The average molecular weight is 360 g/mol. The van der Waals surface area contributed by atoms with E-state index in [1.807, 2.05) is 20.2 Å². The maximum absolute atomic E-state index is 6.14. The summed E-state index contributed by atoms with van der Waals surface area (Å²) in [5.41, 5.74) is 2.07. The van der Waals surface area contributed by atoms with Crippen LogP contribution in [0.4, 0.5) is 5.69 Å². The molecule has 1 unspecified atom stereocenters. The maximum atomic E-state index is 6.14. The van der Waals surface area contributed by atoms with Crippen LogP contribution >= 0.6 is 22.1 Å². The van der Waals surface area contributed by atoms with Crippen molar-refractivity contribution in [2.24, 2.45) is 4.99 Å². The van der Waals surface area contributed by atoms with Crippen molar-refractivity contribution >= 4 is 50.5 Å². The molecule has 19 heavy (non-hydrogen) atoms. The fraction of sp³-hybridized carbons (Fsp3) is 0.462. The number of halogens is 1. The van der Waals surface area contributed by atoms with Gasteiger partial charge in [-0.2, -0.15) is 0 Å². The molecule has 3 nitrogen and oxygen atoms in total. The zero-order chi connectivity index (χ0) is 14.2. The van der Waals surface area contributed by atoms with Gasteiger partial charge in [-0.3, -0.25) is 4.67 Å². The Bertz CT molecular complexity index is 567. The quantitative estimate of drug-likeness (QED) is 0.771. The highest BCUT2D eigenvalue weighted by atomic mass is 79.9. The standard InChI is InChI=1S/C13H19BrN3PS/c1-5-17(6-2)18(19)12-9-10(14)7-8-11(12)15-13(18)16(3)4/h7-9H,5-6H2,1-4H3. The van der Waals surface area contributed by atoms with Gasteiger partial charge in [-0.1, -0.05) is 41.6 Å². The Hall–Kier alpha value is -0.220. The molecular weight excluding hydrogens is 341 g/mol. The number of hydrogen-bond donors (Lipinski definition) is 0. The van der Waals surface area contributed by atoms with Crippen molar-refractivity contribution in [1.29, 1.82) is 0 Å². The van der Waals surface area contributed by atoms with E-state index in [1.165, 1.54) is 5.30 Å². The number of aliphatic imine (C=N–C) groups is 1. The largest absolute Gasteiger partial charge is 0.361 e. The van der Waals surface area contributed by atoms with Gasteiger partial charge in [-0.25, -0.2) is 4.99 Å². The fourth-order valence-electron chi connectivity index (χ4n) is 2.39. The predicted molar refractivity (Wildman–Crippen MR) is 91.8 cm³/mol. The molecule has 1 aliphatic heterocycles. The van der Waals surface area contributed by atoms with Gasteiger partial charge >= 0.3 is 0 Å². The summed E-state index contributed by atoms with van der Waals surface area (Å²) in [5.74, 6) is 0. The molecule has 104 valence electrons. The molecule has 0 aliphatic carbocycles. The molecular formula is C13H19BrN3PS. The van der Waals surface area contributed by atoms with Gasteiger partial charge in [0.05, 0.1) is 5.69 Å². The van der Waals surface area contributed by atoms with E-state index in [0.717, 1.165) is 28.8 Å². The first-order valence-electron chi connectivity index (χ1n) is 6.37. The van der Waals surface area contributed by atoms with Gasteiger partial charge in [0.25, 0.3) is 0 Å². The average Bonchev–Trinajstić information content (AvgIpc) is 2.65. The molecule has 0 fully saturated rings. The monoisotopic (exact) mass is 359 g/mol. The molecule has 0 saturated heterocycles. The van der Waals surface area contributed by atoms with E-state index in [9.17, 15) is 0 Å². The molecule has 1 heterocycles. The Morgan fingerprint density at radius 1 is 1.26 bits per heavy atom. The van der Waals surface area contributed by atoms with Gasteiger partial charge in [0.15, 0.2) is 5.58 Å². The third-order valence-electron chi connectivity index (χ3n) is 3.28. The van der Waals surface area contributed by atoms with Crippen LogP contribution in [-0.4, -0.2) is 42.3 Å². The van der Waals surface area contributed by atoms with Crippen molar-refractivity contribution in [2.75, 3.05) is 27.2 Å². The van der Waals surface area contributed by atoms with Crippen LogP contribution in [0.25, 0.3) is 0 Å². The molecule has 0 bridgehead atoms. The number of nitrogens with zero attached hydrogens (tertiary/aromatic N) is 3. The molecule has 1 aliphatic rings. The van der Waals surface area contributed by atoms with E-state index in [1.54, 1.807) is 0 Å². The third-order valence-corrected chi connectivity index (χ3v) is 8.97. The number of hydrogen-bond acceptors (Lipinski definition) is 3. The lowest BCUT2D eigenvalue weighted by Gasteiger charge is -2.34. The topological polar surface area (TPSA) is 18.8 Å². The predicted octanol–water partition coefficient (Wildman–Crippen LogP) is 3.37. The molecule has 0 radical (unpaired) electrons. The lowest BCUT2D eigenvalue weighted by atomic mass is 10.3. The highest BCUT2D eigenvalue weighted by Crippen LogP contribution is 2.57. The molecule has 0 spiro atoms. The summed E-state index contributed by atoms with van der Waals surface area (Å²) in [5, 5.41) is 1.21. The fourth-order valence-corrected chi connectivity index (χ4v) is 7.78. The van der Waals surface area contributed by atoms with Crippen molar-refractivity contribution in [2.45, 2.75) is 13.8 Å². The van der Waals surface area contributed by atoms with Crippen LogP contribution in [-0.2, 0) is 11.8 Å². The normalized spacial score (nSPS) is 21.5. The van der Waals surface area contributed by atoms with E-state index in [0.29, 0.717) is 0 Å². The van der Waals surface area contributed by atoms with Crippen LogP contribution in [0, 0.1) is 0 Å². The van der Waals surface area contributed by atoms with Crippen LogP contribution in [0.2, 0.25) is 0 Å². The van der Waals surface area contributed by atoms with Crippen molar-refractivity contribution in [3.63, 3.8) is 0 Å². The molecule has 0 saturated carbocycles. The van der Waals surface area contributed by atoms with Gasteiger partial charge < -0.3 is 4.90 Å². The second-order valence-corrected chi connectivity index (χ2v) is 9.75. The Balaban J connectivity index is 2.66. The number of amidine groups is 1. The minimum Gasteiger partial charge on any atom is -0.361 e. The van der Waals surface area contributed by atoms with Gasteiger partial charge in [-0.15, -0.1) is 0 Å². The van der Waals surface area contributed by atoms with Gasteiger partial charge in [0.1, 0.15) is 6.19 Å². The molecule has 6 heteroatoms. The first kappa shape index (κ1) is 15.2. The Morgan fingerprint density at radius 3 is 2.42 bits per heavy atom. The third kappa shape index (κ3) is 2.42. The molecule has 1 atom stereocenters. The highest BCUT2D eigenvalue weighted by molar-refractivity contribution is 9.10. The lowest BCUT2D eigenvalue weighted by Crippen LogP contribution is -2.33. The second-order valence-electron chi connectivity index (χ2n) is 4.65. The van der Waals surface area contributed by atoms with Crippen LogP contribution in [0.1, 0.15) is 13.8 Å². The summed E-state index contributed by atoms with van der Waals surface area (Å²) in [6.45, 7) is 6.24. The van der Waals surface area contributed by atoms with Crippen LogP contribution in [0.5, 0.6) is 0 Å². The zero-order valence-electron chi connectivity index (χ0n) is 11.7. The lowest BCUT2D eigenvalue weighted by molar-refractivity contribution is 0.510. The van der Waals surface area contributed by atoms with Gasteiger partial charge in [-0.05, 0) is 18.2 Å². The summed E-state index contributed by atoms with van der Waals surface area (Å²) in [7, 11) is 4.06. The Morgan fingerprint density at radius 2 is 1.89 bits per heavy atom. The number of benzene rings is 1. The number of rotatable bonds is 3. The van der Waals surface area contributed by atoms with E-state index in [4.69, 9.17) is 16.8 Å². The molecule has 0 aromatic heterocycles. The van der Waals surface area contributed by atoms with Crippen molar-refractivity contribution in [3.8, 4) is 0 Å². The van der Waals surface area contributed by atoms with E-state index >= 15 is 0 Å². The van der Waals surface area contributed by atoms with Gasteiger partial charge in [0, 0.05) is 37.0 Å². The molecule has 2 rings (SSSR count). The molecule has 1 aromatic rings. The minimum atomic E-state index is -1.95. The Kier molecular flexibility index (Phi) is 4.51. The van der Waals surface area contributed by atoms with Crippen LogP contribution in [0.15, 0.2) is 27.7 Å². The highest BCUT2D eigenvalue weighted by Gasteiger charge is 2.39. The summed E-state index contributed by atoms with van der Waals surface area (Å²) >= 11 is 9.70. The summed E-state index contributed by atoms with van der Waals surface area (Å²) < 4.78 is 3.46. The first-order valence-corrected chi connectivity index (χ1v) is 9.92. The van der Waals surface area contributed by atoms with Crippen molar-refractivity contribution in [1.82, 2.24) is 9.57 Å². The van der Waals surface area contributed by atoms with Crippen molar-refractivity contribution < 1.29 is 0 Å². The number of fused-ring (bicyclic) bond motifs is 1. The zero-order valence-corrected chi connectivity index (χ0v) is 15.0. The summed E-state index contributed by atoms with van der Waals surface area (Å²) in [4.78, 5) is 6.86. The summed E-state index contributed by atoms with van der Waals surface area (Å²) in [6, 6.07) is 6.23. The Labute approximate surface area is 128 Å². The molecule has 1 aromatic carbocycles. The van der Waals surface area contributed by atoms with Crippen LogP contribution in [0.3, 0.4) is 0 Å². The first-order chi connectivity index (χ1) is 8.94. The molecule has 0 N–H and O–H groups in total. The van der Waals surface area contributed by atoms with E-state index < -0.39 is 6.19 Å². The molecule has 0 amide bonds. The SMILES string of the molecule is CCN(CC)P1(=S)C(N(C)C)=Nc2ccc(Br)cc21.